The topological polar surface area (TPSA) is 88.2 Å². The van der Waals surface area contributed by atoms with Crippen molar-refractivity contribution < 1.29 is 9.53 Å². The molecule has 0 radical (unpaired) electrons. The zero-order valence-corrected chi connectivity index (χ0v) is 14.1. The summed E-state index contributed by atoms with van der Waals surface area (Å²) in [6.07, 6.45) is 4.18. The van der Waals surface area contributed by atoms with Crippen LogP contribution in [-0.2, 0) is 11.3 Å². The van der Waals surface area contributed by atoms with Gasteiger partial charge in [0.25, 0.3) is 11.5 Å². The molecule has 2 aromatic heterocycles. The number of aromatic nitrogens is 3. The lowest BCUT2D eigenvalue weighted by Crippen LogP contribution is -2.32. The molecule has 1 unspecified atom stereocenters. The van der Waals surface area contributed by atoms with Crippen molar-refractivity contribution in [1.29, 1.82) is 0 Å². The van der Waals surface area contributed by atoms with Crippen LogP contribution in [0.1, 0.15) is 22.6 Å². The maximum Gasteiger partial charge on any atom is 0.289 e. The lowest BCUT2D eigenvalue weighted by atomic mass is 10.2. The van der Waals surface area contributed by atoms with Crippen molar-refractivity contribution in [2.75, 3.05) is 13.1 Å². The molecule has 3 aromatic rings. The Balaban J connectivity index is 1.44. The highest BCUT2D eigenvalue weighted by Crippen LogP contribution is 2.17. The predicted molar refractivity (Wildman–Crippen MR) is 95.7 cm³/mol. The van der Waals surface area contributed by atoms with Crippen molar-refractivity contribution in [3.8, 4) is 0 Å². The first-order valence-corrected chi connectivity index (χ1v) is 8.49. The van der Waals surface area contributed by atoms with E-state index >= 15 is 0 Å². The molecule has 1 amide bonds. The second-order valence-electron chi connectivity index (χ2n) is 6.26. The van der Waals surface area contributed by atoms with Gasteiger partial charge >= 0.3 is 0 Å². The van der Waals surface area contributed by atoms with Crippen LogP contribution in [0.5, 0.6) is 0 Å². The number of H-pyrrole nitrogens is 1. The number of para-hydroxylation sites is 1. The molecule has 1 aliphatic heterocycles. The molecule has 7 nitrogen and oxygen atoms in total. The van der Waals surface area contributed by atoms with Gasteiger partial charge in [0.2, 0.25) is 0 Å². The smallest absolute Gasteiger partial charge is 0.289 e. The first kappa shape index (κ1) is 16.4. The zero-order chi connectivity index (χ0) is 17.9. The van der Waals surface area contributed by atoms with Gasteiger partial charge in [-0.15, -0.1) is 0 Å². The van der Waals surface area contributed by atoms with E-state index in [1.54, 1.807) is 41.6 Å². The molecule has 0 saturated carbocycles. The van der Waals surface area contributed by atoms with Crippen LogP contribution in [0.15, 0.2) is 53.6 Å². The molecule has 1 aromatic carbocycles. The van der Waals surface area contributed by atoms with Crippen molar-refractivity contribution in [2.45, 2.75) is 19.1 Å². The van der Waals surface area contributed by atoms with Crippen LogP contribution < -0.4 is 5.56 Å². The van der Waals surface area contributed by atoms with E-state index in [0.717, 1.165) is 12.0 Å². The van der Waals surface area contributed by atoms with Crippen LogP contribution >= 0.6 is 0 Å². The summed E-state index contributed by atoms with van der Waals surface area (Å²) in [4.78, 5) is 37.4. The Labute approximate surface area is 149 Å². The molecule has 132 valence electrons. The van der Waals surface area contributed by atoms with Crippen LogP contribution in [-0.4, -0.2) is 45.0 Å². The van der Waals surface area contributed by atoms with E-state index in [4.69, 9.17) is 4.74 Å². The molecule has 1 fully saturated rings. The lowest BCUT2D eigenvalue weighted by molar-refractivity contribution is 0.0434. The third-order valence-electron chi connectivity index (χ3n) is 4.48. The average Bonchev–Trinajstić information content (AvgIpc) is 3.15. The van der Waals surface area contributed by atoms with Gasteiger partial charge in [-0.3, -0.25) is 14.6 Å². The summed E-state index contributed by atoms with van der Waals surface area (Å²) in [5.41, 5.74) is 1.26. The summed E-state index contributed by atoms with van der Waals surface area (Å²) in [6, 6.07) is 10.8. The summed E-state index contributed by atoms with van der Waals surface area (Å²) >= 11 is 0. The van der Waals surface area contributed by atoms with E-state index in [-0.39, 0.29) is 23.4 Å². The fourth-order valence-electron chi connectivity index (χ4n) is 3.08. The molecular formula is C19H18N4O3. The van der Waals surface area contributed by atoms with Crippen LogP contribution in [0.25, 0.3) is 10.9 Å². The minimum absolute atomic E-state index is 0.0284. The minimum Gasteiger partial charge on any atom is -0.372 e. The van der Waals surface area contributed by atoms with Crippen molar-refractivity contribution in [2.24, 2.45) is 0 Å². The summed E-state index contributed by atoms with van der Waals surface area (Å²) in [7, 11) is 0. The van der Waals surface area contributed by atoms with Gasteiger partial charge in [0.15, 0.2) is 5.82 Å². The standard InChI is InChI=1S/C19H18N4O3/c24-18-15-3-1-2-4-16(15)21-17(22-18)19(25)23-10-7-14(11-23)26-12-13-5-8-20-9-6-13/h1-6,8-9,14H,7,10-12H2,(H,21,22,24). The number of fused-ring (bicyclic) bond motifs is 1. The van der Waals surface area contributed by atoms with Gasteiger partial charge in [0.05, 0.1) is 23.6 Å². The second kappa shape index (κ2) is 7.05. The summed E-state index contributed by atoms with van der Waals surface area (Å²) in [6.45, 7) is 1.55. The number of rotatable bonds is 4. The number of carbonyl (C=O) groups excluding carboxylic acids is 1. The maximum absolute atomic E-state index is 12.7. The highest BCUT2D eigenvalue weighted by atomic mass is 16.5. The molecule has 1 atom stereocenters. The normalized spacial score (nSPS) is 16.9. The second-order valence-corrected chi connectivity index (χ2v) is 6.26. The van der Waals surface area contributed by atoms with Gasteiger partial charge in [0.1, 0.15) is 0 Å². The van der Waals surface area contributed by atoms with Gasteiger partial charge in [-0.25, -0.2) is 4.98 Å². The van der Waals surface area contributed by atoms with Gasteiger partial charge in [-0.2, -0.15) is 0 Å². The maximum atomic E-state index is 12.7. The first-order chi connectivity index (χ1) is 12.7. The monoisotopic (exact) mass is 350 g/mol. The van der Waals surface area contributed by atoms with Crippen LogP contribution in [0, 0.1) is 0 Å². The zero-order valence-electron chi connectivity index (χ0n) is 14.1. The molecule has 1 N–H and O–H groups in total. The molecular weight excluding hydrogens is 332 g/mol. The number of amides is 1. The van der Waals surface area contributed by atoms with E-state index in [0.29, 0.717) is 30.6 Å². The number of pyridine rings is 1. The van der Waals surface area contributed by atoms with Crippen molar-refractivity contribution >= 4 is 16.8 Å². The summed E-state index contributed by atoms with van der Waals surface area (Å²) < 4.78 is 5.89. The van der Waals surface area contributed by atoms with Gasteiger partial charge in [-0.1, -0.05) is 12.1 Å². The number of aromatic amines is 1. The van der Waals surface area contributed by atoms with Crippen LogP contribution in [0.4, 0.5) is 0 Å². The number of nitrogens with one attached hydrogen (secondary N) is 1. The fraction of sp³-hybridized carbons (Fsp3) is 0.263. The van der Waals surface area contributed by atoms with E-state index in [9.17, 15) is 9.59 Å². The minimum atomic E-state index is -0.302. The fourth-order valence-corrected chi connectivity index (χ4v) is 3.08. The number of hydrogen-bond donors (Lipinski definition) is 1. The van der Waals surface area contributed by atoms with E-state index in [2.05, 4.69) is 15.0 Å². The molecule has 3 heterocycles. The lowest BCUT2D eigenvalue weighted by Gasteiger charge is -2.16. The molecule has 26 heavy (non-hydrogen) atoms. The Morgan fingerprint density at radius 3 is 2.88 bits per heavy atom. The molecule has 7 heteroatoms. The third kappa shape index (κ3) is 3.34. The summed E-state index contributed by atoms with van der Waals surface area (Å²) in [5.74, 6) is -0.202. The van der Waals surface area contributed by atoms with Crippen LogP contribution in [0.3, 0.4) is 0 Å². The Morgan fingerprint density at radius 2 is 2.04 bits per heavy atom. The Morgan fingerprint density at radius 1 is 1.23 bits per heavy atom. The average molecular weight is 350 g/mol. The number of nitrogens with zero attached hydrogens (tertiary/aromatic N) is 3. The van der Waals surface area contributed by atoms with Gasteiger partial charge in [0, 0.05) is 25.5 Å². The molecule has 0 spiro atoms. The highest BCUT2D eigenvalue weighted by Gasteiger charge is 2.29. The van der Waals surface area contributed by atoms with Crippen molar-refractivity contribution in [3.63, 3.8) is 0 Å². The number of likely N-dealkylation sites (tertiary alicyclic amines) is 1. The Bertz CT molecular complexity index is 987. The largest absolute Gasteiger partial charge is 0.372 e. The molecule has 4 rings (SSSR count). The molecule has 1 saturated heterocycles. The van der Waals surface area contributed by atoms with Crippen molar-refractivity contribution in [1.82, 2.24) is 19.9 Å². The molecule has 0 bridgehead atoms. The van der Waals surface area contributed by atoms with Crippen molar-refractivity contribution in [3.05, 3.63) is 70.5 Å². The predicted octanol–water partition coefficient (Wildman–Crippen LogP) is 1.75. The van der Waals surface area contributed by atoms with E-state index in [1.807, 2.05) is 12.1 Å². The molecule has 0 aliphatic carbocycles. The number of ether oxygens (including phenoxy) is 1. The van der Waals surface area contributed by atoms with Crippen LogP contribution in [0.2, 0.25) is 0 Å². The quantitative estimate of drug-likeness (QED) is 0.774. The molecule has 1 aliphatic rings. The number of benzene rings is 1. The Hall–Kier alpha value is -3.06. The summed E-state index contributed by atoms with van der Waals surface area (Å²) in [5, 5.41) is 0.476. The Kier molecular flexibility index (Phi) is 4.45. The first-order valence-electron chi connectivity index (χ1n) is 8.49. The van der Waals surface area contributed by atoms with Gasteiger partial charge in [-0.05, 0) is 36.2 Å². The van der Waals surface area contributed by atoms with Gasteiger partial charge < -0.3 is 14.6 Å². The van der Waals surface area contributed by atoms with E-state index in [1.165, 1.54) is 0 Å². The highest BCUT2D eigenvalue weighted by molar-refractivity contribution is 5.92. The van der Waals surface area contributed by atoms with E-state index < -0.39 is 0 Å². The number of carbonyl (C=O) groups is 1. The SMILES string of the molecule is O=C(c1nc2ccccc2c(=O)[nH]1)N1CCC(OCc2ccncc2)C1. The third-order valence-corrected chi connectivity index (χ3v) is 4.48. The number of hydrogen-bond acceptors (Lipinski definition) is 5.